The van der Waals surface area contributed by atoms with Gasteiger partial charge in [0, 0.05) is 37.3 Å². The van der Waals surface area contributed by atoms with Crippen molar-refractivity contribution in [3.05, 3.63) is 65.7 Å². The third-order valence-corrected chi connectivity index (χ3v) is 4.75. The van der Waals surface area contributed by atoms with Gasteiger partial charge in [-0.3, -0.25) is 9.59 Å². The predicted octanol–water partition coefficient (Wildman–Crippen LogP) is 2.46. The summed E-state index contributed by atoms with van der Waals surface area (Å²) in [4.78, 5) is 28.9. The van der Waals surface area contributed by atoms with Crippen LogP contribution in [0.15, 0.2) is 53.7 Å². The molecular formula is C20H18N4O3. The Kier molecular flexibility index (Phi) is 4.42. The molecule has 1 aliphatic heterocycles. The van der Waals surface area contributed by atoms with E-state index in [0.29, 0.717) is 48.3 Å². The van der Waals surface area contributed by atoms with Crippen molar-refractivity contribution in [2.24, 2.45) is 0 Å². The molecule has 136 valence electrons. The number of fused-ring (bicyclic) bond motifs is 1. The van der Waals surface area contributed by atoms with Crippen LogP contribution in [0.1, 0.15) is 26.3 Å². The van der Waals surface area contributed by atoms with Crippen LogP contribution in [0.4, 0.5) is 0 Å². The van der Waals surface area contributed by atoms with Gasteiger partial charge in [-0.2, -0.15) is 0 Å². The Morgan fingerprint density at radius 2 is 1.41 bits per heavy atom. The van der Waals surface area contributed by atoms with Crippen LogP contribution in [-0.2, 0) is 0 Å². The van der Waals surface area contributed by atoms with Crippen molar-refractivity contribution in [1.82, 2.24) is 20.1 Å². The van der Waals surface area contributed by atoms with Gasteiger partial charge < -0.3 is 9.80 Å². The summed E-state index contributed by atoms with van der Waals surface area (Å²) in [5, 5.41) is 7.51. The van der Waals surface area contributed by atoms with Crippen molar-refractivity contribution >= 4 is 28.9 Å². The highest BCUT2D eigenvalue weighted by molar-refractivity contribution is 5.98. The molecule has 0 spiro atoms. The van der Waals surface area contributed by atoms with Crippen molar-refractivity contribution in [2.75, 3.05) is 26.2 Å². The third kappa shape index (κ3) is 3.31. The van der Waals surface area contributed by atoms with E-state index in [9.17, 15) is 9.59 Å². The quantitative estimate of drug-likeness (QED) is 0.715. The number of carbonyl (C=O) groups excluding carboxylic acids is 2. The molecule has 4 rings (SSSR count). The minimum absolute atomic E-state index is 0.0206. The zero-order chi connectivity index (χ0) is 18.8. The Bertz CT molecular complexity index is 1000. The number of amides is 2. The van der Waals surface area contributed by atoms with Gasteiger partial charge in [-0.1, -0.05) is 24.8 Å². The Hall–Kier alpha value is -3.48. The number of hydrogen-bond acceptors (Lipinski definition) is 5. The number of nitrogens with zero attached hydrogens (tertiary/aromatic N) is 4. The molecular weight excluding hydrogens is 344 g/mol. The van der Waals surface area contributed by atoms with E-state index in [1.54, 1.807) is 46.2 Å². The molecule has 0 radical (unpaired) electrons. The van der Waals surface area contributed by atoms with Crippen molar-refractivity contribution in [1.29, 1.82) is 0 Å². The number of benzene rings is 2. The van der Waals surface area contributed by atoms with Gasteiger partial charge in [-0.25, -0.2) is 4.63 Å². The second-order valence-corrected chi connectivity index (χ2v) is 6.38. The van der Waals surface area contributed by atoms with E-state index >= 15 is 0 Å². The predicted molar refractivity (Wildman–Crippen MR) is 100 cm³/mol. The second kappa shape index (κ2) is 7.03. The normalized spacial score (nSPS) is 14.4. The smallest absolute Gasteiger partial charge is 0.254 e. The van der Waals surface area contributed by atoms with Gasteiger partial charge in [0.2, 0.25) is 0 Å². The fourth-order valence-electron chi connectivity index (χ4n) is 3.15. The highest BCUT2D eigenvalue weighted by atomic mass is 16.6. The maximum Gasteiger partial charge on any atom is 0.254 e. The van der Waals surface area contributed by atoms with E-state index in [0.717, 1.165) is 5.56 Å². The van der Waals surface area contributed by atoms with Gasteiger partial charge in [0.15, 0.2) is 0 Å². The van der Waals surface area contributed by atoms with E-state index in [2.05, 4.69) is 21.5 Å². The van der Waals surface area contributed by atoms with E-state index in [1.165, 1.54) is 0 Å². The molecule has 1 aliphatic rings. The first-order valence-corrected chi connectivity index (χ1v) is 8.69. The highest BCUT2D eigenvalue weighted by Crippen LogP contribution is 2.16. The molecule has 2 aromatic carbocycles. The van der Waals surface area contributed by atoms with Crippen LogP contribution in [0.3, 0.4) is 0 Å². The fraction of sp³-hybridized carbons (Fsp3) is 0.200. The summed E-state index contributed by atoms with van der Waals surface area (Å²) in [6.07, 6.45) is 1.74. The average Bonchev–Trinajstić information content (AvgIpc) is 3.21. The summed E-state index contributed by atoms with van der Waals surface area (Å²) >= 11 is 0. The zero-order valence-electron chi connectivity index (χ0n) is 14.7. The van der Waals surface area contributed by atoms with Gasteiger partial charge >= 0.3 is 0 Å². The monoisotopic (exact) mass is 362 g/mol. The van der Waals surface area contributed by atoms with Crippen LogP contribution in [0.2, 0.25) is 0 Å². The largest absolute Gasteiger partial charge is 0.335 e. The second-order valence-electron chi connectivity index (χ2n) is 6.38. The molecule has 2 amide bonds. The van der Waals surface area contributed by atoms with E-state index in [4.69, 9.17) is 0 Å². The van der Waals surface area contributed by atoms with Crippen molar-refractivity contribution in [2.45, 2.75) is 0 Å². The molecule has 1 aromatic heterocycles. The lowest BCUT2D eigenvalue weighted by molar-refractivity contribution is 0.0535. The zero-order valence-corrected chi connectivity index (χ0v) is 14.7. The van der Waals surface area contributed by atoms with Gasteiger partial charge in [-0.15, -0.1) is 0 Å². The van der Waals surface area contributed by atoms with Crippen molar-refractivity contribution < 1.29 is 14.2 Å². The van der Waals surface area contributed by atoms with Crippen LogP contribution in [-0.4, -0.2) is 58.1 Å². The molecule has 2 heterocycles. The Morgan fingerprint density at radius 1 is 0.852 bits per heavy atom. The molecule has 0 unspecified atom stereocenters. The number of hydrogen-bond donors (Lipinski definition) is 0. The first kappa shape index (κ1) is 17.0. The van der Waals surface area contributed by atoms with Crippen LogP contribution in [0.5, 0.6) is 0 Å². The SMILES string of the molecule is C=Cc1ccc(C(=O)N2CCN(C(=O)c3ccc4nonc4c3)CC2)cc1. The minimum atomic E-state index is -0.0812. The maximum absolute atomic E-state index is 12.7. The number of rotatable bonds is 3. The molecule has 0 atom stereocenters. The minimum Gasteiger partial charge on any atom is -0.335 e. The van der Waals surface area contributed by atoms with E-state index < -0.39 is 0 Å². The molecule has 7 nitrogen and oxygen atoms in total. The molecule has 1 fully saturated rings. The van der Waals surface area contributed by atoms with Crippen molar-refractivity contribution in [3.63, 3.8) is 0 Å². The summed E-state index contributed by atoms with van der Waals surface area (Å²) in [6, 6.07) is 12.5. The van der Waals surface area contributed by atoms with Gasteiger partial charge in [0.25, 0.3) is 11.8 Å². The Labute approximate surface area is 155 Å². The topological polar surface area (TPSA) is 79.5 Å². The van der Waals surface area contributed by atoms with Crippen LogP contribution < -0.4 is 0 Å². The van der Waals surface area contributed by atoms with Crippen LogP contribution >= 0.6 is 0 Å². The standard InChI is InChI=1S/C20H18N4O3/c1-2-14-3-5-15(6-4-14)19(25)23-9-11-24(12-10-23)20(26)16-7-8-17-18(13-16)22-27-21-17/h2-8,13H,1,9-12H2. The summed E-state index contributed by atoms with van der Waals surface area (Å²) < 4.78 is 4.67. The van der Waals surface area contributed by atoms with Crippen LogP contribution in [0.25, 0.3) is 17.1 Å². The first-order chi connectivity index (χ1) is 13.2. The third-order valence-electron chi connectivity index (χ3n) is 4.75. The summed E-state index contributed by atoms with van der Waals surface area (Å²) in [5.74, 6) is -0.102. The number of carbonyl (C=O) groups is 2. The Balaban J connectivity index is 1.40. The lowest BCUT2D eigenvalue weighted by Crippen LogP contribution is -2.50. The molecule has 0 N–H and O–H groups in total. The Morgan fingerprint density at radius 3 is 2.04 bits per heavy atom. The number of piperazine rings is 1. The molecule has 3 aromatic rings. The molecule has 27 heavy (non-hydrogen) atoms. The van der Waals surface area contributed by atoms with E-state index in [-0.39, 0.29) is 11.8 Å². The molecule has 7 heteroatoms. The van der Waals surface area contributed by atoms with Gasteiger partial charge in [0.1, 0.15) is 11.0 Å². The molecule has 0 aliphatic carbocycles. The molecule has 0 bridgehead atoms. The van der Waals surface area contributed by atoms with Crippen molar-refractivity contribution in [3.8, 4) is 0 Å². The highest BCUT2D eigenvalue weighted by Gasteiger charge is 2.25. The fourth-order valence-corrected chi connectivity index (χ4v) is 3.15. The summed E-state index contributed by atoms with van der Waals surface area (Å²) in [7, 11) is 0. The maximum atomic E-state index is 12.7. The summed E-state index contributed by atoms with van der Waals surface area (Å²) in [5.41, 5.74) is 3.32. The molecule has 0 saturated carbocycles. The van der Waals surface area contributed by atoms with Gasteiger partial charge in [0.05, 0.1) is 0 Å². The van der Waals surface area contributed by atoms with E-state index in [1.807, 2.05) is 12.1 Å². The first-order valence-electron chi connectivity index (χ1n) is 8.69. The van der Waals surface area contributed by atoms with Gasteiger partial charge in [-0.05, 0) is 46.2 Å². The lowest BCUT2D eigenvalue weighted by Gasteiger charge is -2.34. The lowest BCUT2D eigenvalue weighted by atomic mass is 10.1. The average molecular weight is 362 g/mol. The van der Waals surface area contributed by atoms with Crippen LogP contribution in [0, 0.1) is 0 Å². The summed E-state index contributed by atoms with van der Waals surface area (Å²) in [6.45, 7) is 5.70. The number of aromatic nitrogens is 2. The molecule has 1 saturated heterocycles.